The molecule has 2 unspecified atom stereocenters. The number of benzene rings is 1. The van der Waals surface area contributed by atoms with Crippen LogP contribution in [0.15, 0.2) is 36.5 Å². The highest BCUT2D eigenvalue weighted by molar-refractivity contribution is 6.00. The Morgan fingerprint density at radius 3 is 2.76 bits per heavy atom. The monoisotopic (exact) mass is 446 g/mol. The molecule has 0 spiro atoms. The van der Waals surface area contributed by atoms with E-state index in [-0.39, 0.29) is 36.0 Å². The summed E-state index contributed by atoms with van der Waals surface area (Å²) >= 11 is 0. The molecule has 0 saturated carbocycles. The summed E-state index contributed by atoms with van der Waals surface area (Å²) in [6.07, 6.45) is 6.74. The number of amides is 3. The number of hydrogen-bond acceptors (Lipinski definition) is 4. The second-order valence-corrected chi connectivity index (χ2v) is 9.49. The molecular formula is C26H30N4O3. The maximum atomic E-state index is 13.3. The third kappa shape index (κ3) is 4.36. The highest BCUT2D eigenvalue weighted by Crippen LogP contribution is 2.32. The quantitative estimate of drug-likeness (QED) is 0.782. The van der Waals surface area contributed by atoms with E-state index in [1.807, 2.05) is 25.1 Å². The number of likely N-dealkylation sites (tertiary alicyclic amines) is 1. The van der Waals surface area contributed by atoms with E-state index in [0.29, 0.717) is 25.5 Å². The van der Waals surface area contributed by atoms with Gasteiger partial charge in [-0.25, -0.2) is 4.98 Å². The van der Waals surface area contributed by atoms with E-state index in [0.717, 1.165) is 43.4 Å². The molecule has 3 amide bonds. The van der Waals surface area contributed by atoms with Crippen molar-refractivity contribution < 1.29 is 14.4 Å². The summed E-state index contributed by atoms with van der Waals surface area (Å²) in [6, 6.07) is 9.99. The third-order valence-electron chi connectivity index (χ3n) is 7.22. The molecule has 3 heterocycles. The van der Waals surface area contributed by atoms with Crippen LogP contribution in [0.3, 0.4) is 0 Å². The highest BCUT2D eigenvalue weighted by Gasteiger charge is 2.39. The Hall–Kier alpha value is -3.22. The predicted molar refractivity (Wildman–Crippen MR) is 126 cm³/mol. The van der Waals surface area contributed by atoms with Crippen molar-refractivity contribution in [2.75, 3.05) is 29.9 Å². The lowest BCUT2D eigenvalue weighted by atomic mass is 9.95. The summed E-state index contributed by atoms with van der Waals surface area (Å²) in [6.45, 7) is 3.34. The Labute approximate surface area is 194 Å². The average Bonchev–Trinajstić information content (AvgIpc) is 3.46. The summed E-state index contributed by atoms with van der Waals surface area (Å²) < 4.78 is 0. The molecule has 1 aliphatic carbocycles. The van der Waals surface area contributed by atoms with Crippen LogP contribution in [-0.2, 0) is 27.2 Å². The van der Waals surface area contributed by atoms with Crippen molar-refractivity contribution >= 4 is 29.2 Å². The van der Waals surface area contributed by atoms with Crippen molar-refractivity contribution in [2.45, 2.75) is 45.4 Å². The SMILES string of the molecule is Cc1cccnc1NC(=O)C1CCCN(C(=O)C2CC(=O)N(c3ccc4c(c3)CCC4)C2)C1. The minimum Gasteiger partial charge on any atom is -0.342 e. The fourth-order valence-corrected chi connectivity index (χ4v) is 5.33. The molecule has 1 aromatic carbocycles. The Balaban J connectivity index is 1.22. The Kier molecular flexibility index (Phi) is 5.87. The first-order chi connectivity index (χ1) is 16.0. The Morgan fingerprint density at radius 2 is 1.91 bits per heavy atom. The molecule has 1 aromatic heterocycles. The zero-order valence-corrected chi connectivity index (χ0v) is 19.0. The van der Waals surface area contributed by atoms with E-state index < -0.39 is 0 Å². The standard InChI is InChI=1S/C26H30N4O3/c1-17-5-3-11-27-24(17)28-25(32)20-8-4-12-29(15-20)26(33)21-14-23(31)30(16-21)22-10-9-18-6-2-7-19(18)13-22/h3,5,9-11,13,20-21H,2,4,6-8,12,14-16H2,1H3,(H,27,28,32). The van der Waals surface area contributed by atoms with Gasteiger partial charge in [-0.15, -0.1) is 0 Å². The molecule has 0 bridgehead atoms. The van der Waals surface area contributed by atoms with Crippen LogP contribution in [0.2, 0.25) is 0 Å². The number of carbonyl (C=O) groups is 3. The van der Waals surface area contributed by atoms with Crippen molar-refractivity contribution in [1.29, 1.82) is 0 Å². The number of pyridine rings is 1. The van der Waals surface area contributed by atoms with Gasteiger partial charge in [0.2, 0.25) is 17.7 Å². The first-order valence-corrected chi connectivity index (χ1v) is 11.9. The molecule has 7 nitrogen and oxygen atoms in total. The molecular weight excluding hydrogens is 416 g/mol. The molecule has 2 aliphatic heterocycles. The van der Waals surface area contributed by atoms with Gasteiger partial charge in [0.1, 0.15) is 5.82 Å². The van der Waals surface area contributed by atoms with Crippen molar-refractivity contribution in [3.8, 4) is 0 Å². The van der Waals surface area contributed by atoms with Crippen molar-refractivity contribution in [2.24, 2.45) is 11.8 Å². The molecule has 7 heteroatoms. The number of aromatic nitrogens is 1. The van der Waals surface area contributed by atoms with Gasteiger partial charge >= 0.3 is 0 Å². The molecule has 2 atom stereocenters. The van der Waals surface area contributed by atoms with Crippen LogP contribution in [0.25, 0.3) is 0 Å². The van der Waals surface area contributed by atoms with Gasteiger partial charge < -0.3 is 15.1 Å². The summed E-state index contributed by atoms with van der Waals surface area (Å²) in [4.78, 5) is 46.7. The number of anilines is 2. The molecule has 172 valence electrons. The van der Waals surface area contributed by atoms with E-state index in [1.165, 1.54) is 11.1 Å². The lowest BCUT2D eigenvalue weighted by Crippen LogP contribution is -2.46. The van der Waals surface area contributed by atoms with Gasteiger partial charge in [-0.1, -0.05) is 12.1 Å². The smallest absolute Gasteiger partial charge is 0.230 e. The normalized spacial score (nSPS) is 22.4. The maximum Gasteiger partial charge on any atom is 0.230 e. The minimum absolute atomic E-state index is 0.00299. The largest absolute Gasteiger partial charge is 0.342 e. The third-order valence-corrected chi connectivity index (χ3v) is 7.22. The topological polar surface area (TPSA) is 82.6 Å². The van der Waals surface area contributed by atoms with Crippen LogP contribution in [0, 0.1) is 18.8 Å². The number of nitrogens with one attached hydrogen (secondary N) is 1. The molecule has 2 fully saturated rings. The summed E-state index contributed by atoms with van der Waals surface area (Å²) in [7, 11) is 0. The van der Waals surface area contributed by atoms with Gasteiger partial charge in [0.25, 0.3) is 0 Å². The van der Waals surface area contributed by atoms with E-state index in [9.17, 15) is 14.4 Å². The van der Waals surface area contributed by atoms with Gasteiger partial charge in [0, 0.05) is 37.9 Å². The molecule has 2 aromatic rings. The molecule has 0 radical (unpaired) electrons. The minimum atomic E-state index is -0.356. The van der Waals surface area contributed by atoms with Crippen LogP contribution < -0.4 is 10.2 Å². The van der Waals surface area contributed by atoms with Gasteiger partial charge in [0.05, 0.1) is 11.8 Å². The van der Waals surface area contributed by atoms with Crippen LogP contribution in [0.5, 0.6) is 0 Å². The summed E-state index contributed by atoms with van der Waals surface area (Å²) in [5.41, 5.74) is 4.50. The number of rotatable bonds is 4. The van der Waals surface area contributed by atoms with Crippen molar-refractivity contribution in [1.82, 2.24) is 9.88 Å². The van der Waals surface area contributed by atoms with E-state index >= 15 is 0 Å². The van der Waals surface area contributed by atoms with E-state index in [4.69, 9.17) is 0 Å². The molecule has 2 saturated heterocycles. The summed E-state index contributed by atoms with van der Waals surface area (Å²) in [5.74, 6) is -0.171. The van der Waals surface area contributed by atoms with Gasteiger partial charge in [-0.05, 0) is 73.9 Å². The van der Waals surface area contributed by atoms with Crippen LogP contribution in [-0.4, -0.2) is 47.2 Å². The zero-order chi connectivity index (χ0) is 22.9. The zero-order valence-electron chi connectivity index (χ0n) is 19.0. The van der Waals surface area contributed by atoms with Crippen LogP contribution >= 0.6 is 0 Å². The maximum absolute atomic E-state index is 13.3. The number of hydrogen-bond donors (Lipinski definition) is 1. The Morgan fingerprint density at radius 1 is 1.06 bits per heavy atom. The molecule has 5 rings (SSSR count). The lowest BCUT2D eigenvalue weighted by molar-refractivity contribution is -0.138. The molecule has 1 N–H and O–H groups in total. The average molecular weight is 447 g/mol. The summed E-state index contributed by atoms with van der Waals surface area (Å²) in [5, 5.41) is 2.91. The fourth-order valence-electron chi connectivity index (χ4n) is 5.33. The van der Waals surface area contributed by atoms with Crippen molar-refractivity contribution in [3.05, 3.63) is 53.2 Å². The first kappa shape index (κ1) is 21.6. The second-order valence-electron chi connectivity index (χ2n) is 9.49. The second kappa shape index (κ2) is 8.96. The fraction of sp³-hybridized carbons (Fsp3) is 0.462. The number of nitrogens with zero attached hydrogens (tertiary/aromatic N) is 3. The number of aryl methyl sites for hydroxylation is 3. The lowest BCUT2D eigenvalue weighted by Gasteiger charge is -2.33. The van der Waals surface area contributed by atoms with Crippen LogP contribution in [0.1, 0.15) is 42.4 Å². The predicted octanol–water partition coefficient (Wildman–Crippen LogP) is 3.11. The number of carbonyl (C=O) groups excluding carboxylic acids is 3. The van der Waals surface area contributed by atoms with Gasteiger partial charge in [0.15, 0.2) is 0 Å². The van der Waals surface area contributed by atoms with E-state index in [2.05, 4.69) is 22.4 Å². The molecule has 3 aliphatic rings. The van der Waals surface area contributed by atoms with Crippen molar-refractivity contribution in [3.63, 3.8) is 0 Å². The first-order valence-electron chi connectivity index (χ1n) is 11.9. The number of piperidine rings is 1. The van der Waals surface area contributed by atoms with Gasteiger partial charge in [-0.2, -0.15) is 0 Å². The van der Waals surface area contributed by atoms with E-state index in [1.54, 1.807) is 16.0 Å². The Bertz CT molecular complexity index is 1100. The molecule has 33 heavy (non-hydrogen) atoms. The van der Waals surface area contributed by atoms with Crippen LogP contribution in [0.4, 0.5) is 11.5 Å². The number of fused-ring (bicyclic) bond motifs is 1. The highest BCUT2D eigenvalue weighted by atomic mass is 16.2. The van der Waals surface area contributed by atoms with Gasteiger partial charge in [-0.3, -0.25) is 14.4 Å².